The highest BCUT2D eigenvalue weighted by Gasteiger charge is 2.10. The van der Waals surface area contributed by atoms with Crippen molar-refractivity contribution >= 4 is 12.4 Å². The molecule has 9 heavy (non-hydrogen) atoms. The van der Waals surface area contributed by atoms with Crippen LogP contribution in [0.4, 0.5) is 0 Å². The van der Waals surface area contributed by atoms with E-state index in [-0.39, 0.29) is 25.1 Å². The molecule has 2 N–H and O–H groups in total. The monoisotopic (exact) mass is 153 g/mol. The zero-order chi connectivity index (χ0) is 5.82. The molecule has 4 heteroatoms. The number of hydrogen-bond acceptors (Lipinski definition) is 3. The van der Waals surface area contributed by atoms with Crippen molar-refractivity contribution in [2.45, 2.75) is 6.10 Å². The maximum atomic E-state index is 8.53. The third-order valence-corrected chi connectivity index (χ3v) is 1.21. The molecule has 1 aliphatic rings. The number of nitrogens with one attached hydrogen (secondary N) is 1. The lowest BCUT2D eigenvalue weighted by Gasteiger charge is -2.21. The maximum absolute atomic E-state index is 8.53. The van der Waals surface area contributed by atoms with Crippen LogP contribution in [0.25, 0.3) is 0 Å². The summed E-state index contributed by atoms with van der Waals surface area (Å²) >= 11 is 0. The fraction of sp³-hybridized carbons (Fsp3) is 1.00. The molecule has 0 aromatic heterocycles. The number of morpholine rings is 1. The smallest absolute Gasteiger partial charge is 0.0930 e. The zero-order valence-electron chi connectivity index (χ0n) is 5.17. The van der Waals surface area contributed by atoms with Crippen LogP contribution in [0, 0.1) is 0 Å². The molecular formula is C5H12ClNO2. The van der Waals surface area contributed by atoms with Gasteiger partial charge in [0.1, 0.15) is 0 Å². The Morgan fingerprint density at radius 1 is 1.67 bits per heavy atom. The van der Waals surface area contributed by atoms with Gasteiger partial charge in [-0.25, -0.2) is 0 Å². The summed E-state index contributed by atoms with van der Waals surface area (Å²) in [5.74, 6) is 0. The second-order valence-electron chi connectivity index (χ2n) is 1.88. The van der Waals surface area contributed by atoms with E-state index in [1.54, 1.807) is 0 Å². The van der Waals surface area contributed by atoms with E-state index in [4.69, 9.17) is 9.84 Å². The molecule has 0 spiro atoms. The average Bonchev–Trinajstić information content (AvgIpc) is 1.90. The third kappa shape index (κ3) is 3.01. The molecule has 0 saturated carbocycles. The van der Waals surface area contributed by atoms with E-state index in [2.05, 4.69) is 5.32 Å². The number of hydrogen-bond donors (Lipinski definition) is 2. The van der Waals surface area contributed by atoms with Crippen molar-refractivity contribution in [3.63, 3.8) is 0 Å². The fourth-order valence-corrected chi connectivity index (χ4v) is 0.737. The summed E-state index contributed by atoms with van der Waals surface area (Å²) in [6.07, 6.45) is 0.0312. The molecule has 1 aliphatic heterocycles. The predicted molar refractivity (Wildman–Crippen MR) is 36.9 cm³/mol. The number of rotatable bonds is 1. The lowest BCUT2D eigenvalue weighted by Crippen LogP contribution is -2.40. The Labute approximate surface area is 60.8 Å². The van der Waals surface area contributed by atoms with Gasteiger partial charge in [0.05, 0.1) is 19.3 Å². The maximum Gasteiger partial charge on any atom is 0.0930 e. The fourth-order valence-electron chi connectivity index (χ4n) is 0.737. The highest BCUT2D eigenvalue weighted by atomic mass is 35.5. The molecular weight excluding hydrogens is 142 g/mol. The zero-order valence-corrected chi connectivity index (χ0v) is 5.99. The lowest BCUT2D eigenvalue weighted by molar-refractivity contribution is -0.00618. The number of aliphatic hydroxyl groups is 1. The van der Waals surface area contributed by atoms with Crippen LogP contribution >= 0.6 is 12.4 Å². The Hall–Kier alpha value is 0.170. The van der Waals surface area contributed by atoms with Crippen molar-refractivity contribution in [1.82, 2.24) is 5.32 Å². The van der Waals surface area contributed by atoms with E-state index in [0.29, 0.717) is 0 Å². The molecule has 56 valence electrons. The Bertz CT molecular complexity index is 66.0. The van der Waals surface area contributed by atoms with Crippen LogP contribution in [0.1, 0.15) is 0 Å². The molecule has 0 radical (unpaired) electrons. The van der Waals surface area contributed by atoms with Gasteiger partial charge in [-0.1, -0.05) is 0 Å². The van der Waals surface area contributed by atoms with Crippen LogP contribution < -0.4 is 5.32 Å². The van der Waals surface area contributed by atoms with Crippen molar-refractivity contribution in [2.75, 3.05) is 26.3 Å². The summed E-state index contributed by atoms with van der Waals surface area (Å²) in [6, 6.07) is 0. The van der Waals surface area contributed by atoms with Gasteiger partial charge in [0.2, 0.25) is 0 Å². The van der Waals surface area contributed by atoms with Crippen LogP contribution in [-0.4, -0.2) is 37.5 Å². The van der Waals surface area contributed by atoms with Crippen LogP contribution in [0.3, 0.4) is 0 Å². The molecule has 0 aromatic rings. The van der Waals surface area contributed by atoms with Crippen molar-refractivity contribution in [1.29, 1.82) is 0 Å². The van der Waals surface area contributed by atoms with Gasteiger partial charge in [0.15, 0.2) is 0 Å². The summed E-state index contributed by atoms with van der Waals surface area (Å²) in [4.78, 5) is 0. The molecule has 1 atom stereocenters. The molecule has 1 fully saturated rings. The largest absolute Gasteiger partial charge is 0.394 e. The SMILES string of the molecule is Cl.OCC1CNCCO1. The van der Waals surface area contributed by atoms with Gasteiger partial charge in [-0.15, -0.1) is 12.4 Å². The summed E-state index contributed by atoms with van der Waals surface area (Å²) in [5.41, 5.74) is 0. The van der Waals surface area contributed by atoms with E-state index in [1.165, 1.54) is 0 Å². The van der Waals surface area contributed by atoms with Crippen molar-refractivity contribution in [2.24, 2.45) is 0 Å². The molecule has 0 aromatic carbocycles. The van der Waals surface area contributed by atoms with Crippen LogP contribution in [0.2, 0.25) is 0 Å². The molecule has 1 saturated heterocycles. The minimum atomic E-state index is 0. The number of aliphatic hydroxyl groups excluding tert-OH is 1. The normalized spacial score (nSPS) is 27.0. The van der Waals surface area contributed by atoms with Gasteiger partial charge in [-0.3, -0.25) is 0 Å². The Morgan fingerprint density at radius 2 is 2.44 bits per heavy atom. The van der Waals surface area contributed by atoms with E-state index in [9.17, 15) is 0 Å². The van der Waals surface area contributed by atoms with Crippen molar-refractivity contribution in [3.8, 4) is 0 Å². The van der Waals surface area contributed by atoms with Gasteiger partial charge in [0.25, 0.3) is 0 Å². The second kappa shape index (κ2) is 4.99. The van der Waals surface area contributed by atoms with E-state index >= 15 is 0 Å². The van der Waals surface area contributed by atoms with Gasteiger partial charge < -0.3 is 15.2 Å². The standard InChI is InChI=1S/C5H11NO2.ClH/c7-4-5-3-6-1-2-8-5;/h5-7H,1-4H2;1H. The number of ether oxygens (including phenoxy) is 1. The first-order valence-corrected chi connectivity index (χ1v) is 2.86. The Kier molecular flexibility index (Phi) is 5.09. The summed E-state index contributed by atoms with van der Waals surface area (Å²) in [6.45, 7) is 2.56. The minimum Gasteiger partial charge on any atom is -0.394 e. The summed E-state index contributed by atoms with van der Waals surface area (Å²) in [7, 11) is 0. The second-order valence-corrected chi connectivity index (χ2v) is 1.88. The molecule has 1 rings (SSSR count). The lowest BCUT2D eigenvalue weighted by atomic mass is 10.3. The first kappa shape index (κ1) is 9.17. The van der Waals surface area contributed by atoms with E-state index in [1.807, 2.05) is 0 Å². The Morgan fingerprint density at radius 3 is 2.78 bits per heavy atom. The van der Waals surface area contributed by atoms with Gasteiger partial charge in [0, 0.05) is 13.1 Å². The molecule has 0 amide bonds. The number of halogens is 1. The minimum absolute atomic E-state index is 0. The highest BCUT2D eigenvalue weighted by molar-refractivity contribution is 5.85. The van der Waals surface area contributed by atoms with Gasteiger partial charge in [-0.05, 0) is 0 Å². The average molecular weight is 154 g/mol. The first-order valence-electron chi connectivity index (χ1n) is 2.86. The summed E-state index contributed by atoms with van der Waals surface area (Å²) in [5, 5.41) is 11.6. The topological polar surface area (TPSA) is 41.5 Å². The van der Waals surface area contributed by atoms with Crippen LogP contribution in [-0.2, 0) is 4.74 Å². The van der Waals surface area contributed by atoms with Crippen molar-refractivity contribution in [3.05, 3.63) is 0 Å². The van der Waals surface area contributed by atoms with E-state index in [0.717, 1.165) is 19.7 Å². The molecule has 1 unspecified atom stereocenters. The molecule has 0 aliphatic carbocycles. The van der Waals surface area contributed by atoms with Gasteiger partial charge >= 0.3 is 0 Å². The molecule has 0 bridgehead atoms. The Balaban J connectivity index is 0.000000640. The van der Waals surface area contributed by atoms with E-state index < -0.39 is 0 Å². The quantitative estimate of drug-likeness (QED) is 0.528. The summed E-state index contributed by atoms with van der Waals surface area (Å²) < 4.78 is 5.11. The van der Waals surface area contributed by atoms with Crippen LogP contribution in [0.5, 0.6) is 0 Å². The predicted octanol–water partition coefficient (Wildman–Crippen LogP) is -0.611. The molecule has 3 nitrogen and oxygen atoms in total. The third-order valence-electron chi connectivity index (χ3n) is 1.21. The van der Waals surface area contributed by atoms with Gasteiger partial charge in [-0.2, -0.15) is 0 Å². The highest BCUT2D eigenvalue weighted by Crippen LogP contribution is 1.92. The van der Waals surface area contributed by atoms with Crippen molar-refractivity contribution < 1.29 is 9.84 Å². The molecule has 1 heterocycles. The first-order chi connectivity index (χ1) is 3.93. The van der Waals surface area contributed by atoms with Crippen LogP contribution in [0.15, 0.2) is 0 Å².